The number of hydrogen-bond donors (Lipinski definition) is 2. The first-order valence-electron chi connectivity index (χ1n) is 6.77. The van der Waals surface area contributed by atoms with E-state index in [-0.39, 0.29) is 17.9 Å². The van der Waals surface area contributed by atoms with E-state index in [1.165, 1.54) is 10.6 Å². The van der Waals surface area contributed by atoms with Gasteiger partial charge in [0.15, 0.2) is 0 Å². The Labute approximate surface area is 114 Å². The van der Waals surface area contributed by atoms with Gasteiger partial charge in [0.05, 0.1) is 12.4 Å². The van der Waals surface area contributed by atoms with E-state index in [2.05, 4.69) is 5.32 Å². The average Bonchev–Trinajstić information content (AvgIpc) is 2.32. The minimum Gasteiger partial charge on any atom is -0.393 e. The topological polar surface area (TPSA) is 86.7 Å². The van der Waals surface area contributed by atoms with Crippen molar-refractivity contribution in [2.75, 3.05) is 25.9 Å². The lowest BCUT2D eigenvalue weighted by atomic mass is 9.82. The van der Waals surface area contributed by atoms with Crippen LogP contribution in [0.3, 0.4) is 0 Å². The smallest absolute Gasteiger partial charge is 0.223 e. The van der Waals surface area contributed by atoms with E-state index in [1.54, 1.807) is 0 Å². The number of carbonyl (C=O) groups is 1. The van der Waals surface area contributed by atoms with Gasteiger partial charge in [0.2, 0.25) is 15.9 Å². The Kier molecular flexibility index (Phi) is 4.47. The molecule has 6 nitrogen and oxygen atoms in total. The summed E-state index contributed by atoms with van der Waals surface area (Å²) in [6.45, 7) is 1.49. The van der Waals surface area contributed by atoms with Gasteiger partial charge >= 0.3 is 0 Å². The Morgan fingerprint density at radius 3 is 2.37 bits per heavy atom. The van der Waals surface area contributed by atoms with Crippen molar-refractivity contribution < 1.29 is 18.3 Å². The van der Waals surface area contributed by atoms with E-state index in [0.717, 1.165) is 12.8 Å². The first-order valence-corrected chi connectivity index (χ1v) is 8.62. The molecular weight excluding hydrogens is 268 g/mol. The van der Waals surface area contributed by atoms with Crippen molar-refractivity contribution in [3.05, 3.63) is 0 Å². The van der Waals surface area contributed by atoms with Gasteiger partial charge in [0.25, 0.3) is 0 Å². The van der Waals surface area contributed by atoms with Gasteiger partial charge < -0.3 is 10.4 Å². The lowest BCUT2D eigenvalue weighted by molar-refractivity contribution is -0.126. The first kappa shape index (κ1) is 14.7. The fourth-order valence-corrected chi connectivity index (χ4v) is 3.58. The summed E-state index contributed by atoms with van der Waals surface area (Å²) < 4.78 is 24.1. The van der Waals surface area contributed by atoms with E-state index >= 15 is 0 Å². The zero-order valence-corrected chi connectivity index (χ0v) is 12.0. The molecule has 1 saturated heterocycles. The third-order valence-electron chi connectivity index (χ3n) is 4.07. The van der Waals surface area contributed by atoms with E-state index in [1.807, 2.05) is 0 Å². The molecule has 1 aliphatic carbocycles. The molecule has 2 rings (SSSR count). The van der Waals surface area contributed by atoms with Crippen molar-refractivity contribution in [3.63, 3.8) is 0 Å². The number of piperidine rings is 1. The summed E-state index contributed by atoms with van der Waals surface area (Å²) in [6.07, 6.45) is 3.73. The zero-order chi connectivity index (χ0) is 14.0. The number of nitrogens with one attached hydrogen (secondary N) is 1. The molecule has 19 heavy (non-hydrogen) atoms. The fraction of sp³-hybridized carbons (Fsp3) is 0.917. The number of amides is 1. The number of rotatable bonds is 4. The quantitative estimate of drug-likeness (QED) is 0.734. The summed E-state index contributed by atoms with van der Waals surface area (Å²) in [7, 11) is -3.13. The van der Waals surface area contributed by atoms with Gasteiger partial charge in [-0.05, 0) is 31.6 Å². The summed E-state index contributed by atoms with van der Waals surface area (Å²) in [6, 6.07) is 0. The highest BCUT2D eigenvalue weighted by molar-refractivity contribution is 7.88. The number of sulfonamides is 1. The molecule has 0 aromatic carbocycles. The van der Waals surface area contributed by atoms with Crippen molar-refractivity contribution >= 4 is 15.9 Å². The van der Waals surface area contributed by atoms with Crippen LogP contribution in [0.15, 0.2) is 0 Å². The van der Waals surface area contributed by atoms with Crippen LogP contribution in [0, 0.1) is 11.8 Å². The van der Waals surface area contributed by atoms with Crippen LogP contribution >= 0.6 is 0 Å². The molecule has 2 aliphatic rings. The van der Waals surface area contributed by atoms with Crippen LogP contribution in [0.1, 0.15) is 25.7 Å². The summed E-state index contributed by atoms with van der Waals surface area (Å²) in [5.41, 5.74) is 0. The Hall–Kier alpha value is -0.660. The van der Waals surface area contributed by atoms with Gasteiger partial charge in [-0.15, -0.1) is 0 Å². The second kappa shape index (κ2) is 5.76. The van der Waals surface area contributed by atoms with Crippen molar-refractivity contribution in [1.82, 2.24) is 9.62 Å². The summed E-state index contributed by atoms with van der Waals surface area (Å²) in [4.78, 5) is 11.9. The van der Waals surface area contributed by atoms with Crippen LogP contribution in [-0.4, -0.2) is 55.7 Å². The van der Waals surface area contributed by atoms with Crippen LogP contribution in [0.5, 0.6) is 0 Å². The molecule has 0 bridgehead atoms. The van der Waals surface area contributed by atoms with Crippen molar-refractivity contribution in [2.24, 2.45) is 11.8 Å². The Balaban J connectivity index is 1.70. The lowest BCUT2D eigenvalue weighted by Crippen LogP contribution is -2.45. The maximum atomic E-state index is 11.9. The minimum absolute atomic E-state index is 0.0227. The van der Waals surface area contributed by atoms with E-state index < -0.39 is 10.0 Å². The molecule has 0 aromatic rings. The Morgan fingerprint density at radius 1 is 1.32 bits per heavy atom. The van der Waals surface area contributed by atoms with Crippen LogP contribution in [0.2, 0.25) is 0 Å². The van der Waals surface area contributed by atoms with Gasteiger partial charge in [-0.3, -0.25) is 4.79 Å². The predicted molar refractivity (Wildman–Crippen MR) is 70.9 cm³/mol. The number of aliphatic hydroxyl groups is 1. The number of hydrogen-bond acceptors (Lipinski definition) is 4. The third-order valence-corrected chi connectivity index (χ3v) is 5.37. The molecule has 0 unspecified atom stereocenters. The van der Waals surface area contributed by atoms with Crippen molar-refractivity contribution in [2.45, 2.75) is 31.8 Å². The molecule has 1 heterocycles. The highest BCUT2D eigenvalue weighted by Crippen LogP contribution is 2.26. The fourth-order valence-electron chi connectivity index (χ4n) is 2.71. The molecule has 2 fully saturated rings. The molecule has 1 saturated carbocycles. The molecule has 0 aromatic heterocycles. The van der Waals surface area contributed by atoms with E-state index in [9.17, 15) is 13.2 Å². The zero-order valence-electron chi connectivity index (χ0n) is 11.2. The summed E-state index contributed by atoms with van der Waals surface area (Å²) in [5, 5.41) is 12.1. The van der Waals surface area contributed by atoms with Crippen molar-refractivity contribution in [1.29, 1.82) is 0 Å². The monoisotopic (exact) mass is 290 g/mol. The SMILES string of the molecule is CS(=O)(=O)N1CCC(C(=O)NCC2CC(O)C2)CC1. The predicted octanol–water partition coefficient (Wildman–Crippen LogP) is -0.455. The molecule has 2 N–H and O–H groups in total. The second-order valence-electron chi connectivity index (χ2n) is 5.67. The van der Waals surface area contributed by atoms with Crippen LogP contribution in [0.25, 0.3) is 0 Å². The molecule has 1 amide bonds. The van der Waals surface area contributed by atoms with Gasteiger partial charge in [-0.1, -0.05) is 0 Å². The minimum atomic E-state index is -3.13. The Bertz CT molecular complexity index is 423. The number of aliphatic hydroxyl groups excluding tert-OH is 1. The van der Waals surface area contributed by atoms with Crippen LogP contribution in [0.4, 0.5) is 0 Å². The highest BCUT2D eigenvalue weighted by atomic mass is 32.2. The molecule has 0 radical (unpaired) electrons. The number of nitrogens with zero attached hydrogens (tertiary/aromatic N) is 1. The molecule has 1 aliphatic heterocycles. The third kappa shape index (κ3) is 3.90. The van der Waals surface area contributed by atoms with E-state index in [0.29, 0.717) is 38.4 Å². The number of carbonyl (C=O) groups excluding carboxylic acids is 1. The van der Waals surface area contributed by atoms with Crippen LogP contribution < -0.4 is 5.32 Å². The maximum absolute atomic E-state index is 11.9. The van der Waals surface area contributed by atoms with Gasteiger partial charge in [-0.2, -0.15) is 0 Å². The van der Waals surface area contributed by atoms with Crippen molar-refractivity contribution in [3.8, 4) is 0 Å². The molecular formula is C12H22N2O4S. The molecule has 0 atom stereocenters. The standard InChI is InChI=1S/C12H22N2O4S/c1-19(17,18)14-4-2-10(3-5-14)12(16)13-8-9-6-11(15)7-9/h9-11,15H,2-8H2,1H3,(H,13,16). The van der Waals surface area contributed by atoms with Crippen LogP contribution in [-0.2, 0) is 14.8 Å². The molecule has 7 heteroatoms. The summed E-state index contributed by atoms with van der Waals surface area (Å²) in [5.74, 6) is 0.340. The highest BCUT2D eigenvalue weighted by Gasteiger charge is 2.31. The average molecular weight is 290 g/mol. The van der Waals surface area contributed by atoms with Gasteiger partial charge in [0, 0.05) is 25.6 Å². The first-order chi connectivity index (χ1) is 8.86. The largest absolute Gasteiger partial charge is 0.393 e. The summed E-state index contributed by atoms with van der Waals surface area (Å²) >= 11 is 0. The normalized spacial score (nSPS) is 29.8. The molecule has 110 valence electrons. The maximum Gasteiger partial charge on any atom is 0.223 e. The second-order valence-corrected chi connectivity index (χ2v) is 7.66. The Morgan fingerprint density at radius 2 is 1.89 bits per heavy atom. The van der Waals surface area contributed by atoms with E-state index in [4.69, 9.17) is 5.11 Å². The van der Waals surface area contributed by atoms with Gasteiger partial charge in [0.1, 0.15) is 0 Å². The van der Waals surface area contributed by atoms with Gasteiger partial charge in [-0.25, -0.2) is 12.7 Å². The molecule has 0 spiro atoms. The lowest BCUT2D eigenvalue weighted by Gasteiger charge is -2.33.